The van der Waals surface area contributed by atoms with E-state index in [0.29, 0.717) is 10.8 Å². The van der Waals surface area contributed by atoms with Crippen LogP contribution in [-0.4, -0.2) is 23.7 Å². The molecule has 0 radical (unpaired) electrons. The molecular formula is C19H20ClN3O4. The topological polar surface area (TPSA) is 93.8 Å². The Morgan fingerprint density at radius 1 is 1.33 bits per heavy atom. The monoisotopic (exact) mass is 389 g/mol. The summed E-state index contributed by atoms with van der Waals surface area (Å²) in [6.45, 7) is 5.80. The van der Waals surface area contributed by atoms with Gasteiger partial charge in [0.05, 0.1) is 16.7 Å². The van der Waals surface area contributed by atoms with Crippen LogP contribution in [0.25, 0.3) is 0 Å². The number of ether oxygens (including phenoxy) is 1. The number of rotatable bonds is 7. The number of nitrogens with zero attached hydrogens (tertiary/aromatic N) is 2. The fourth-order valence-electron chi connectivity index (χ4n) is 2.39. The van der Waals surface area contributed by atoms with Crippen LogP contribution >= 0.6 is 11.6 Å². The van der Waals surface area contributed by atoms with Gasteiger partial charge in [-0.25, -0.2) is 5.43 Å². The standard InChI is InChI=1S/C19H20ClN3O4/c1-12(2)16-6-4-13(3)8-18(16)27-11-19(24)22-21-10-14-9-15(20)5-7-17(14)23(25)26/h4-10,12H,11H2,1-3H3,(H,22,24)/b21-10-. The van der Waals surface area contributed by atoms with Gasteiger partial charge in [-0.3, -0.25) is 14.9 Å². The first-order valence-corrected chi connectivity index (χ1v) is 8.65. The molecule has 8 heteroatoms. The number of hydrogen-bond acceptors (Lipinski definition) is 5. The molecule has 0 heterocycles. The molecule has 0 spiro atoms. The second kappa shape index (κ2) is 9.14. The number of halogens is 1. The molecule has 2 aromatic carbocycles. The third-order valence-corrected chi connectivity index (χ3v) is 3.96. The van der Waals surface area contributed by atoms with Crippen LogP contribution in [0.1, 0.15) is 36.5 Å². The van der Waals surface area contributed by atoms with E-state index in [9.17, 15) is 14.9 Å². The van der Waals surface area contributed by atoms with Gasteiger partial charge in [-0.2, -0.15) is 5.10 Å². The molecule has 142 valence electrons. The van der Waals surface area contributed by atoms with E-state index in [2.05, 4.69) is 10.5 Å². The molecule has 2 aromatic rings. The second-order valence-electron chi connectivity index (χ2n) is 6.24. The highest BCUT2D eigenvalue weighted by atomic mass is 35.5. The molecule has 0 fully saturated rings. The van der Waals surface area contributed by atoms with Crippen LogP contribution in [0, 0.1) is 17.0 Å². The fourth-order valence-corrected chi connectivity index (χ4v) is 2.57. The number of carbonyl (C=O) groups is 1. The molecule has 0 unspecified atom stereocenters. The summed E-state index contributed by atoms with van der Waals surface area (Å²) in [6.07, 6.45) is 1.17. The average molecular weight is 390 g/mol. The molecule has 0 bridgehead atoms. The molecule has 0 saturated heterocycles. The Balaban J connectivity index is 2.00. The molecule has 0 saturated carbocycles. The van der Waals surface area contributed by atoms with Gasteiger partial charge in [-0.05, 0) is 42.2 Å². The predicted molar refractivity (Wildman–Crippen MR) is 105 cm³/mol. The van der Waals surface area contributed by atoms with Crippen LogP contribution in [0.3, 0.4) is 0 Å². The minimum atomic E-state index is -0.548. The van der Waals surface area contributed by atoms with Gasteiger partial charge in [0.25, 0.3) is 11.6 Å². The summed E-state index contributed by atoms with van der Waals surface area (Å²) >= 11 is 5.84. The number of nitro benzene ring substituents is 1. The number of nitro groups is 1. The minimum absolute atomic E-state index is 0.157. The Hall–Kier alpha value is -2.93. The smallest absolute Gasteiger partial charge is 0.278 e. The van der Waals surface area contributed by atoms with Crippen molar-refractivity contribution in [2.45, 2.75) is 26.7 Å². The summed E-state index contributed by atoms with van der Waals surface area (Å²) in [7, 11) is 0. The first kappa shape index (κ1) is 20.4. The number of hydrazone groups is 1. The minimum Gasteiger partial charge on any atom is -0.483 e. The Labute approximate surface area is 162 Å². The van der Waals surface area contributed by atoms with Crippen molar-refractivity contribution in [1.82, 2.24) is 5.43 Å². The Morgan fingerprint density at radius 3 is 2.74 bits per heavy atom. The van der Waals surface area contributed by atoms with Crippen LogP contribution in [0.15, 0.2) is 41.5 Å². The van der Waals surface area contributed by atoms with Crippen LogP contribution in [-0.2, 0) is 4.79 Å². The second-order valence-corrected chi connectivity index (χ2v) is 6.67. The maximum absolute atomic E-state index is 11.9. The molecule has 0 aliphatic carbocycles. The van der Waals surface area contributed by atoms with Crippen LogP contribution < -0.4 is 10.2 Å². The maximum Gasteiger partial charge on any atom is 0.278 e. The zero-order valence-corrected chi connectivity index (χ0v) is 16.0. The van der Waals surface area contributed by atoms with Crippen molar-refractivity contribution in [2.75, 3.05) is 6.61 Å². The summed E-state index contributed by atoms with van der Waals surface area (Å²) in [5.74, 6) is 0.423. The Morgan fingerprint density at radius 2 is 2.07 bits per heavy atom. The van der Waals surface area contributed by atoms with Crippen LogP contribution in [0.2, 0.25) is 5.02 Å². The quantitative estimate of drug-likeness (QED) is 0.436. The van der Waals surface area contributed by atoms with Gasteiger partial charge in [-0.15, -0.1) is 0 Å². The van der Waals surface area contributed by atoms with Crippen molar-refractivity contribution in [1.29, 1.82) is 0 Å². The molecule has 2 rings (SSSR count). The SMILES string of the molecule is Cc1ccc(C(C)C)c(OCC(=O)N/N=C\c2cc(Cl)ccc2[N+](=O)[O-])c1. The van der Waals surface area contributed by atoms with Gasteiger partial charge >= 0.3 is 0 Å². The van der Waals surface area contributed by atoms with Gasteiger partial charge in [0.2, 0.25) is 0 Å². The lowest BCUT2D eigenvalue weighted by Gasteiger charge is -2.14. The Kier molecular flexibility index (Phi) is 6.90. The molecular weight excluding hydrogens is 370 g/mol. The molecule has 0 aliphatic heterocycles. The summed E-state index contributed by atoms with van der Waals surface area (Å²) in [6, 6.07) is 9.93. The first-order valence-electron chi connectivity index (χ1n) is 8.27. The molecule has 7 nitrogen and oxygen atoms in total. The Bertz CT molecular complexity index is 881. The van der Waals surface area contributed by atoms with E-state index in [-0.39, 0.29) is 23.8 Å². The first-order chi connectivity index (χ1) is 12.8. The van der Waals surface area contributed by atoms with E-state index >= 15 is 0 Å². The van der Waals surface area contributed by atoms with Crippen LogP contribution in [0.5, 0.6) is 5.75 Å². The molecule has 1 N–H and O–H groups in total. The van der Waals surface area contributed by atoms with Gasteiger partial charge in [0.1, 0.15) is 5.75 Å². The third-order valence-electron chi connectivity index (χ3n) is 3.73. The van der Waals surface area contributed by atoms with E-state index < -0.39 is 10.8 Å². The summed E-state index contributed by atoms with van der Waals surface area (Å²) < 4.78 is 5.61. The summed E-state index contributed by atoms with van der Waals surface area (Å²) in [5, 5.41) is 15.1. The van der Waals surface area contributed by atoms with Gasteiger partial charge in [0.15, 0.2) is 6.61 Å². The normalized spacial score (nSPS) is 11.0. The van der Waals surface area contributed by atoms with Crippen molar-refractivity contribution < 1.29 is 14.5 Å². The van der Waals surface area contributed by atoms with E-state index in [1.165, 1.54) is 24.4 Å². The number of aryl methyl sites for hydroxylation is 1. The predicted octanol–water partition coefficient (Wildman–Crippen LogP) is 4.21. The molecule has 27 heavy (non-hydrogen) atoms. The van der Waals surface area contributed by atoms with Crippen molar-refractivity contribution in [3.8, 4) is 5.75 Å². The zero-order valence-electron chi connectivity index (χ0n) is 15.2. The summed E-state index contributed by atoms with van der Waals surface area (Å²) in [4.78, 5) is 22.4. The van der Waals surface area contributed by atoms with E-state index in [0.717, 1.165) is 11.1 Å². The lowest BCUT2D eigenvalue weighted by Crippen LogP contribution is -2.25. The number of hydrogen-bond donors (Lipinski definition) is 1. The highest BCUT2D eigenvalue weighted by molar-refractivity contribution is 6.31. The fraction of sp³-hybridized carbons (Fsp3) is 0.263. The number of amides is 1. The third kappa shape index (κ3) is 5.79. The highest BCUT2D eigenvalue weighted by Crippen LogP contribution is 2.27. The van der Waals surface area contributed by atoms with Crippen LogP contribution in [0.4, 0.5) is 5.69 Å². The summed E-state index contributed by atoms with van der Waals surface area (Å²) in [5.41, 5.74) is 4.36. The molecule has 1 amide bonds. The number of carbonyl (C=O) groups excluding carboxylic acids is 1. The molecule has 0 aliphatic rings. The zero-order chi connectivity index (χ0) is 20.0. The molecule has 0 atom stereocenters. The lowest BCUT2D eigenvalue weighted by molar-refractivity contribution is -0.385. The van der Waals surface area contributed by atoms with Crippen molar-refractivity contribution in [3.05, 3.63) is 68.2 Å². The van der Waals surface area contributed by atoms with Gasteiger partial charge in [-0.1, -0.05) is 37.6 Å². The maximum atomic E-state index is 11.9. The van der Waals surface area contributed by atoms with Crippen molar-refractivity contribution in [2.24, 2.45) is 5.10 Å². The van der Waals surface area contributed by atoms with Crippen molar-refractivity contribution >= 4 is 29.4 Å². The van der Waals surface area contributed by atoms with Crippen molar-refractivity contribution in [3.63, 3.8) is 0 Å². The number of nitrogens with one attached hydrogen (secondary N) is 1. The van der Waals surface area contributed by atoms with E-state index in [1.807, 2.05) is 39.0 Å². The largest absolute Gasteiger partial charge is 0.483 e. The van der Waals surface area contributed by atoms with Gasteiger partial charge < -0.3 is 4.74 Å². The average Bonchev–Trinajstić information content (AvgIpc) is 2.59. The van der Waals surface area contributed by atoms with E-state index in [4.69, 9.17) is 16.3 Å². The van der Waals surface area contributed by atoms with Gasteiger partial charge in [0, 0.05) is 11.1 Å². The molecule has 0 aromatic heterocycles. The highest BCUT2D eigenvalue weighted by Gasteiger charge is 2.13. The number of benzene rings is 2. The lowest BCUT2D eigenvalue weighted by atomic mass is 10.0. The van der Waals surface area contributed by atoms with E-state index in [1.54, 1.807) is 0 Å².